The molecule has 0 radical (unpaired) electrons. The lowest BCUT2D eigenvalue weighted by atomic mass is 9.99. The molecule has 0 spiro atoms. The molecule has 1 aliphatic rings. The molecule has 1 amide bonds. The fourth-order valence-electron chi connectivity index (χ4n) is 3.45. The third kappa shape index (κ3) is 6.69. The van der Waals surface area contributed by atoms with Crippen LogP contribution in [0.15, 0.2) is 58.5 Å². The third-order valence-electron chi connectivity index (χ3n) is 5.02. The molecule has 0 saturated heterocycles. The number of hydrogen-bond acceptors (Lipinski definition) is 4. The Morgan fingerprint density at radius 3 is 2.13 bits per heavy atom. The van der Waals surface area contributed by atoms with E-state index in [0.29, 0.717) is 0 Å². The van der Waals surface area contributed by atoms with E-state index in [0.717, 1.165) is 48.5 Å². The number of rotatable bonds is 6. The normalized spacial score (nSPS) is 15.0. The lowest BCUT2D eigenvalue weighted by Crippen LogP contribution is -2.39. The molecule has 0 aromatic heterocycles. The van der Waals surface area contributed by atoms with Gasteiger partial charge in [-0.3, -0.25) is 9.10 Å². The SMILES string of the molecule is O=C(CN(c1cc(Cl)cc(Cl)c1)S(=O)(=O)c1ccccc1)NN=C1CCCCCCC1. The fourth-order valence-corrected chi connectivity index (χ4v) is 5.39. The molecule has 2 aromatic carbocycles. The van der Waals surface area contributed by atoms with E-state index in [1.807, 2.05) is 0 Å². The number of hydrazone groups is 1. The largest absolute Gasteiger partial charge is 0.271 e. The van der Waals surface area contributed by atoms with E-state index < -0.39 is 22.5 Å². The van der Waals surface area contributed by atoms with E-state index >= 15 is 0 Å². The third-order valence-corrected chi connectivity index (χ3v) is 7.25. The van der Waals surface area contributed by atoms with E-state index in [2.05, 4.69) is 10.5 Å². The number of benzene rings is 2. The molecule has 0 bridgehead atoms. The summed E-state index contributed by atoms with van der Waals surface area (Å²) in [4.78, 5) is 12.7. The van der Waals surface area contributed by atoms with Gasteiger partial charge in [0.25, 0.3) is 15.9 Å². The highest BCUT2D eigenvalue weighted by Gasteiger charge is 2.27. The Hall–Kier alpha value is -2.09. The van der Waals surface area contributed by atoms with Crippen molar-refractivity contribution in [2.75, 3.05) is 10.8 Å². The van der Waals surface area contributed by atoms with Crippen molar-refractivity contribution >= 4 is 50.5 Å². The molecule has 0 atom stereocenters. The van der Waals surface area contributed by atoms with E-state index in [1.54, 1.807) is 18.2 Å². The summed E-state index contributed by atoms with van der Waals surface area (Å²) in [5.41, 5.74) is 3.68. The zero-order chi connectivity index (χ0) is 22.3. The van der Waals surface area contributed by atoms with E-state index in [9.17, 15) is 13.2 Å². The van der Waals surface area contributed by atoms with Crippen molar-refractivity contribution in [3.63, 3.8) is 0 Å². The number of carbonyl (C=O) groups is 1. The number of anilines is 1. The second kappa shape index (κ2) is 11.0. The number of nitrogens with one attached hydrogen (secondary N) is 1. The smallest absolute Gasteiger partial charge is 0.264 e. The maximum Gasteiger partial charge on any atom is 0.264 e. The van der Waals surface area contributed by atoms with Crippen LogP contribution in [0.4, 0.5) is 5.69 Å². The Balaban J connectivity index is 1.85. The van der Waals surface area contributed by atoms with Gasteiger partial charge in [0.1, 0.15) is 6.54 Å². The number of hydrogen-bond donors (Lipinski definition) is 1. The second-order valence-corrected chi connectivity index (χ2v) is 10.2. The van der Waals surface area contributed by atoms with Crippen molar-refractivity contribution in [1.29, 1.82) is 0 Å². The van der Waals surface area contributed by atoms with E-state index in [-0.39, 0.29) is 20.6 Å². The van der Waals surface area contributed by atoms with Gasteiger partial charge in [-0.2, -0.15) is 5.10 Å². The molecule has 1 aliphatic carbocycles. The Bertz CT molecular complexity index is 1010. The zero-order valence-corrected chi connectivity index (χ0v) is 19.4. The van der Waals surface area contributed by atoms with Crippen LogP contribution in [0.5, 0.6) is 0 Å². The Labute approximate surface area is 193 Å². The predicted octanol–water partition coefficient (Wildman–Crippen LogP) is 5.41. The molecule has 2 aromatic rings. The molecule has 9 heteroatoms. The van der Waals surface area contributed by atoms with Gasteiger partial charge >= 0.3 is 0 Å². The van der Waals surface area contributed by atoms with Gasteiger partial charge in [-0.15, -0.1) is 0 Å². The van der Waals surface area contributed by atoms with Gasteiger partial charge in [-0.05, 0) is 56.0 Å². The Morgan fingerprint density at radius 1 is 0.935 bits per heavy atom. The summed E-state index contributed by atoms with van der Waals surface area (Å²) in [6.07, 6.45) is 7.33. The molecule has 6 nitrogen and oxygen atoms in total. The average molecular weight is 482 g/mol. The first-order valence-corrected chi connectivity index (χ1v) is 12.4. The number of carbonyl (C=O) groups excluding carboxylic acids is 1. The molecule has 3 rings (SSSR count). The summed E-state index contributed by atoms with van der Waals surface area (Å²) in [5, 5.41) is 4.80. The molecule has 166 valence electrons. The van der Waals surface area contributed by atoms with Gasteiger partial charge in [0.2, 0.25) is 0 Å². The summed E-state index contributed by atoms with van der Waals surface area (Å²) in [6.45, 7) is -0.454. The number of sulfonamides is 1. The van der Waals surface area contributed by atoms with Crippen LogP contribution in [-0.2, 0) is 14.8 Å². The molecule has 1 saturated carbocycles. The highest BCUT2D eigenvalue weighted by molar-refractivity contribution is 7.92. The molecule has 31 heavy (non-hydrogen) atoms. The molecule has 0 heterocycles. The zero-order valence-electron chi connectivity index (χ0n) is 17.1. The topological polar surface area (TPSA) is 78.8 Å². The highest BCUT2D eigenvalue weighted by Crippen LogP contribution is 2.29. The monoisotopic (exact) mass is 481 g/mol. The summed E-state index contributed by atoms with van der Waals surface area (Å²) in [7, 11) is -4.03. The van der Waals surface area contributed by atoms with Gasteiger partial charge in [0, 0.05) is 15.8 Å². The average Bonchev–Trinajstić information content (AvgIpc) is 2.71. The number of nitrogens with zero attached hydrogens (tertiary/aromatic N) is 2. The van der Waals surface area contributed by atoms with E-state index in [4.69, 9.17) is 23.2 Å². The van der Waals surface area contributed by atoms with Crippen LogP contribution in [0, 0.1) is 0 Å². The summed E-state index contributed by atoms with van der Waals surface area (Å²) in [6, 6.07) is 12.3. The standard InChI is InChI=1S/C22H25Cl2N3O3S/c23-17-13-18(24)15-20(14-17)27(31(29,30)21-11-7-4-8-12-21)16-22(28)26-25-19-9-5-2-1-3-6-10-19/h4,7-8,11-15H,1-3,5-6,9-10,16H2,(H,26,28). The van der Waals surface area contributed by atoms with Crippen molar-refractivity contribution in [2.24, 2.45) is 5.10 Å². The van der Waals surface area contributed by atoms with E-state index in [1.165, 1.54) is 36.8 Å². The lowest BCUT2D eigenvalue weighted by Gasteiger charge is -2.24. The van der Waals surface area contributed by atoms with Crippen LogP contribution in [0.1, 0.15) is 44.9 Å². The van der Waals surface area contributed by atoms with Gasteiger partial charge < -0.3 is 0 Å². The van der Waals surface area contributed by atoms with Crippen LogP contribution in [0.25, 0.3) is 0 Å². The Kier molecular flexibility index (Phi) is 8.35. The maximum absolute atomic E-state index is 13.3. The van der Waals surface area contributed by atoms with Crippen molar-refractivity contribution < 1.29 is 13.2 Å². The van der Waals surface area contributed by atoms with Gasteiger partial charge in [0.05, 0.1) is 10.6 Å². The number of halogens is 2. The molecule has 0 unspecified atom stereocenters. The van der Waals surface area contributed by atoms with Crippen molar-refractivity contribution in [3.05, 3.63) is 58.6 Å². The molecular weight excluding hydrogens is 457 g/mol. The highest BCUT2D eigenvalue weighted by atomic mass is 35.5. The molecule has 1 N–H and O–H groups in total. The summed E-state index contributed by atoms with van der Waals surface area (Å²) >= 11 is 12.2. The minimum Gasteiger partial charge on any atom is -0.271 e. The van der Waals surface area contributed by atoms with Crippen LogP contribution in [0.2, 0.25) is 10.0 Å². The summed E-state index contributed by atoms with van der Waals surface area (Å²) < 4.78 is 27.6. The first kappa shape index (κ1) is 23.6. The van der Waals surface area contributed by atoms with Crippen molar-refractivity contribution in [2.45, 2.75) is 49.8 Å². The molecular formula is C22H25Cl2N3O3S. The van der Waals surface area contributed by atoms with Crippen LogP contribution in [-0.4, -0.2) is 26.6 Å². The van der Waals surface area contributed by atoms with Crippen LogP contribution in [0.3, 0.4) is 0 Å². The first-order chi connectivity index (χ1) is 14.9. The van der Waals surface area contributed by atoms with Crippen LogP contribution >= 0.6 is 23.2 Å². The van der Waals surface area contributed by atoms with Crippen LogP contribution < -0.4 is 9.73 Å². The molecule has 1 fully saturated rings. The molecule has 0 aliphatic heterocycles. The maximum atomic E-state index is 13.3. The quantitative estimate of drug-likeness (QED) is 0.560. The second-order valence-electron chi connectivity index (χ2n) is 7.43. The van der Waals surface area contributed by atoms with Gasteiger partial charge in [-0.1, -0.05) is 60.7 Å². The van der Waals surface area contributed by atoms with Crippen molar-refractivity contribution in [3.8, 4) is 0 Å². The van der Waals surface area contributed by atoms with Gasteiger partial charge in [0.15, 0.2) is 0 Å². The van der Waals surface area contributed by atoms with Gasteiger partial charge in [-0.25, -0.2) is 13.8 Å². The van der Waals surface area contributed by atoms with Crippen molar-refractivity contribution in [1.82, 2.24) is 5.43 Å². The summed E-state index contributed by atoms with van der Waals surface area (Å²) in [5.74, 6) is -0.537. The minimum atomic E-state index is -4.03. The lowest BCUT2D eigenvalue weighted by molar-refractivity contribution is -0.119. The fraction of sp³-hybridized carbons (Fsp3) is 0.364. The number of amides is 1. The first-order valence-electron chi connectivity index (χ1n) is 10.2. The Morgan fingerprint density at radius 2 is 1.52 bits per heavy atom. The predicted molar refractivity (Wildman–Crippen MR) is 125 cm³/mol. The minimum absolute atomic E-state index is 0.0604.